The minimum Gasteiger partial charge on any atom is -0.483 e. The van der Waals surface area contributed by atoms with Crippen molar-refractivity contribution in [3.05, 3.63) is 28.6 Å². The Kier molecular flexibility index (Phi) is 5.71. The van der Waals surface area contributed by atoms with Gasteiger partial charge in [-0.2, -0.15) is 0 Å². The van der Waals surface area contributed by atoms with Crippen molar-refractivity contribution in [2.75, 3.05) is 13.2 Å². The molecular weight excluding hydrogens is 348 g/mol. The first kappa shape index (κ1) is 18.4. The third-order valence-corrected chi connectivity index (χ3v) is 4.62. The van der Waals surface area contributed by atoms with Crippen molar-refractivity contribution in [3.63, 3.8) is 0 Å². The van der Waals surface area contributed by atoms with Crippen LogP contribution in [0.4, 0.5) is 0 Å². The van der Waals surface area contributed by atoms with Crippen molar-refractivity contribution in [1.29, 1.82) is 0 Å². The van der Waals surface area contributed by atoms with Gasteiger partial charge in [-0.1, -0.05) is 13.0 Å². The zero-order valence-corrected chi connectivity index (χ0v) is 14.1. The third kappa shape index (κ3) is 4.13. The number of fused-ring (bicyclic) bond motifs is 1. The van der Waals surface area contributed by atoms with E-state index in [0.717, 1.165) is 4.70 Å². The maximum Gasteiger partial charge on any atom is 0.322 e. The van der Waals surface area contributed by atoms with Crippen LogP contribution in [0.15, 0.2) is 18.2 Å². The summed E-state index contributed by atoms with van der Waals surface area (Å²) in [5.41, 5.74) is 5.33. The molecule has 0 spiro atoms. The van der Waals surface area contributed by atoms with E-state index in [1.54, 1.807) is 18.2 Å². The summed E-state index contributed by atoms with van der Waals surface area (Å²) in [7, 11) is 0. The maximum absolute atomic E-state index is 12.2. The number of hydrogen-bond donors (Lipinski definition) is 3. The van der Waals surface area contributed by atoms with Crippen LogP contribution in [-0.4, -0.2) is 41.8 Å². The van der Waals surface area contributed by atoms with Crippen molar-refractivity contribution in [3.8, 4) is 5.75 Å². The lowest BCUT2D eigenvalue weighted by molar-refractivity contribution is -0.138. The third-order valence-electron chi connectivity index (χ3n) is 3.32. The fourth-order valence-corrected chi connectivity index (χ4v) is 3.42. The van der Waals surface area contributed by atoms with Gasteiger partial charge in [-0.05, 0) is 18.6 Å². The molecule has 9 heteroatoms. The molecule has 0 aliphatic carbocycles. The van der Waals surface area contributed by atoms with Crippen LogP contribution in [0.3, 0.4) is 0 Å². The molecule has 1 aromatic carbocycles. The maximum atomic E-state index is 12.2. The summed E-state index contributed by atoms with van der Waals surface area (Å²) in [6.07, 6.45) is 0.534. The van der Waals surface area contributed by atoms with Crippen LogP contribution in [0.25, 0.3) is 10.1 Å². The van der Waals surface area contributed by atoms with E-state index >= 15 is 0 Å². The van der Waals surface area contributed by atoms with Crippen LogP contribution in [0.2, 0.25) is 0 Å². The molecule has 1 aromatic heterocycles. The number of rotatable bonds is 8. The second-order valence-electron chi connectivity index (χ2n) is 5.04. The summed E-state index contributed by atoms with van der Waals surface area (Å²) in [5.74, 6) is -3.41. The van der Waals surface area contributed by atoms with Crippen molar-refractivity contribution in [2.24, 2.45) is 5.73 Å². The fourth-order valence-electron chi connectivity index (χ4n) is 2.27. The van der Waals surface area contributed by atoms with E-state index in [2.05, 4.69) is 5.32 Å². The number of aliphatic carboxylic acids is 1. The number of carbonyl (C=O) groups is 4. The summed E-state index contributed by atoms with van der Waals surface area (Å²) in [5, 5.41) is 11.1. The summed E-state index contributed by atoms with van der Waals surface area (Å²) in [4.78, 5) is 46.3. The number of carbonyl (C=O) groups excluding carboxylic acids is 3. The monoisotopic (exact) mass is 364 g/mol. The topological polar surface area (TPSA) is 136 Å². The van der Waals surface area contributed by atoms with Crippen molar-refractivity contribution >= 4 is 45.0 Å². The Balaban J connectivity index is 2.35. The predicted octanol–water partition coefficient (Wildman–Crippen LogP) is 0.711. The van der Waals surface area contributed by atoms with Crippen LogP contribution >= 0.6 is 11.3 Å². The minimum atomic E-state index is -1.17. The minimum absolute atomic E-state index is 0.191. The van der Waals surface area contributed by atoms with Gasteiger partial charge >= 0.3 is 5.97 Å². The molecule has 2 rings (SSSR count). The molecule has 25 heavy (non-hydrogen) atoms. The van der Waals surface area contributed by atoms with Gasteiger partial charge in [-0.15, -0.1) is 11.3 Å². The number of amides is 2. The zero-order valence-electron chi connectivity index (χ0n) is 13.3. The van der Waals surface area contributed by atoms with Gasteiger partial charge in [0.05, 0.1) is 5.56 Å². The molecule has 8 nitrogen and oxygen atoms in total. The summed E-state index contributed by atoms with van der Waals surface area (Å²) >= 11 is 1.35. The lowest BCUT2D eigenvalue weighted by Gasteiger charge is -2.09. The molecule has 0 saturated heterocycles. The molecule has 0 atom stereocenters. The van der Waals surface area contributed by atoms with E-state index in [9.17, 15) is 19.2 Å². The van der Waals surface area contributed by atoms with Gasteiger partial charge in [0, 0.05) is 15.0 Å². The molecule has 2 amide bonds. The molecule has 0 aliphatic heterocycles. The Morgan fingerprint density at radius 1 is 1.28 bits per heavy atom. The number of thiophene rings is 1. The Morgan fingerprint density at radius 2 is 2.00 bits per heavy atom. The lowest BCUT2D eigenvalue weighted by Crippen LogP contribution is -2.33. The van der Waals surface area contributed by atoms with Gasteiger partial charge in [-0.3, -0.25) is 19.2 Å². The summed E-state index contributed by atoms with van der Waals surface area (Å²) in [6.45, 7) is 0.909. The Morgan fingerprint density at radius 3 is 2.60 bits per heavy atom. The van der Waals surface area contributed by atoms with E-state index in [4.69, 9.17) is 15.6 Å². The first-order chi connectivity index (χ1) is 11.8. The number of benzene rings is 1. The summed E-state index contributed by atoms with van der Waals surface area (Å²) < 4.78 is 6.17. The van der Waals surface area contributed by atoms with E-state index in [0.29, 0.717) is 16.7 Å². The zero-order chi connectivity index (χ0) is 18.6. The van der Waals surface area contributed by atoms with Crippen LogP contribution < -0.4 is 15.8 Å². The number of carboxylic acid groups (broad SMARTS) is 1. The molecular formula is C16H16N2O6S. The van der Waals surface area contributed by atoms with Gasteiger partial charge in [0.2, 0.25) is 0 Å². The van der Waals surface area contributed by atoms with Crippen LogP contribution in [-0.2, 0) is 20.8 Å². The van der Waals surface area contributed by atoms with Crippen molar-refractivity contribution < 1.29 is 29.0 Å². The molecule has 0 unspecified atom stereocenters. The predicted molar refractivity (Wildman–Crippen MR) is 90.9 cm³/mol. The van der Waals surface area contributed by atoms with E-state index in [1.165, 1.54) is 11.3 Å². The van der Waals surface area contributed by atoms with Gasteiger partial charge in [0.1, 0.15) is 12.3 Å². The van der Waals surface area contributed by atoms with E-state index in [1.807, 2.05) is 6.92 Å². The van der Waals surface area contributed by atoms with Crippen molar-refractivity contribution in [2.45, 2.75) is 13.3 Å². The van der Waals surface area contributed by atoms with Crippen LogP contribution in [0.1, 0.15) is 22.2 Å². The van der Waals surface area contributed by atoms with Gasteiger partial charge < -0.3 is 20.9 Å². The standard InChI is InChI=1S/C16H16N2O6S/c1-2-9-14(15(22)16(17)23)13-8(4-3-5-10(13)25-9)24-7-11(19)18-6-12(20)21/h3-5H,2,6-7H2,1H3,(H2,17,23)(H,18,19)(H,20,21). The largest absolute Gasteiger partial charge is 0.483 e. The second-order valence-corrected chi connectivity index (χ2v) is 6.17. The smallest absolute Gasteiger partial charge is 0.322 e. The first-order valence-electron chi connectivity index (χ1n) is 7.35. The average molecular weight is 364 g/mol. The molecule has 2 aromatic rings. The number of ketones is 1. The first-order valence-corrected chi connectivity index (χ1v) is 8.16. The normalized spacial score (nSPS) is 10.4. The SMILES string of the molecule is CCc1sc2cccc(OCC(=O)NCC(=O)O)c2c1C(=O)C(N)=O. The summed E-state index contributed by atoms with van der Waals surface area (Å²) in [6, 6.07) is 5.03. The van der Waals surface area contributed by atoms with Crippen LogP contribution in [0.5, 0.6) is 5.75 Å². The van der Waals surface area contributed by atoms with Crippen molar-refractivity contribution in [1.82, 2.24) is 5.32 Å². The molecule has 0 bridgehead atoms. The average Bonchev–Trinajstić information content (AvgIpc) is 2.96. The molecule has 0 radical (unpaired) electrons. The molecule has 0 fully saturated rings. The van der Waals surface area contributed by atoms with E-state index < -0.39 is 36.7 Å². The fraction of sp³-hybridized carbons (Fsp3) is 0.250. The number of nitrogens with one attached hydrogen (secondary N) is 1. The molecule has 132 valence electrons. The highest BCUT2D eigenvalue weighted by atomic mass is 32.1. The molecule has 4 N–H and O–H groups in total. The van der Waals surface area contributed by atoms with Gasteiger partial charge in [-0.25, -0.2) is 0 Å². The van der Waals surface area contributed by atoms with Crippen LogP contribution in [0, 0.1) is 0 Å². The number of carboxylic acids is 1. The Bertz CT molecular complexity index is 858. The van der Waals surface area contributed by atoms with E-state index in [-0.39, 0.29) is 11.3 Å². The number of primary amides is 1. The highest BCUT2D eigenvalue weighted by Crippen LogP contribution is 2.38. The Labute approximate surface area is 146 Å². The number of Topliss-reactive ketones (excluding diaryl/α,β-unsaturated/α-hetero) is 1. The number of nitrogens with two attached hydrogens (primary N) is 1. The second kappa shape index (κ2) is 7.75. The quantitative estimate of drug-likeness (QED) is 0.466. The number of aryl methyl sites for hydroxylation is 1. The highest BCUT2D eigenvalue weighted by molar-refractivity contribution is 7.19. The lowest BCUT2D eigenvalue weighted by atomic mass is 10.0. The molecule has 0 saturated carbocycles. The Hall–Kier alpha value is -2.94. The highest BCUT2D eigenvalue weighted by Gasteiger charge is 2.24. The van der Waals surface area contributed by atoms with Gasteiger partial charge in [0.15, 0.2) is 6.61 Å². The van der Waals surface area contributed by atoms with Gasteiger partial charge in [0.25, 0.3) is 17.6 Å². The molecule has 0 aliphatic rings. The number of ether oxygens (including phenoxy) is 1. The number of hydrogen-bond acceptors (Lipinski definition) is 6. The molecule has 1 heterocycles.